The van der Waals surface area contributed by atoms with E-state index in [0.29, 0.717) is 6.61 Å². The lowest BCUT2D eigenvalue weighted by Gasteiger charge is -2.37. The summed E-state index contributed by atoms with van der Waals surface area (Å²) in [6, 6.07) is 0. The molecule has 0 bridgehead atoms. The van der Waals surface area contributed by atoms with Crippen LogP contribution in [0.2, 0.25) is 0 Å². The normalized spacial score (nSPS) is 12.7. The second kappa shape index (κ2) is 5.50. The van der Waals surface area contributed by atoms with Crippen LogP contribution in [-0.4, -0.2) is 44.7 Å². The molecule has 0 aromatic heterocycles. The fraction of sp³-hybridized carbons (Fsp3) is 0.917. The minimum Gasteiger partial charge on any atom is -0.465 e. The predicted octanol–water partition coefficient (Wildman–Crippen LogP) is 2.06. The zero-order chi connectivity index (χ0) is 12.1. The molecule has 0 heterocycles. The zero-order valence-electron chi connectivity index (χ0n) is 11.1. The summed E-state index contributed by atoms with van der Waals surface area (Å²) >= 11 is 0. The van der Waals surface area contributed by atoms with Crippen LogP contribution in [0.1, 0.15) is 33.6 Å². The van der Waals surface area contributed by atoms with E-state index in [1.54, 1.807) is 0 Å². The van der Waals surface area contributed by atoms with Crippen molar-refractivity contribution in [3.05, 3.63) is 0 Å². The van der Waals surface area contributed by atoms with Gasteiger partial charge >= 0.3 is 5.97 Å². The van der Waals surface area contributed by atoms with E-state index < -0.39 is 0 Å². The van der Waals surface area contributed by atoms with Crippen molar-refractivity contribution >= 4 is 5.97 Å². The van der Waals surface area contributed by atoms with Crippen molar-refractivity contribution in [2.75, 3.05) is 34.3 Å². The van der Waals surface area contributed by atoms with Gasteiger partial charge in [-0.15, -0.1) is 0 Å². The Hall–Kier alpha value is -0.570. The number of nitrogens with zero attached hydrogens (tertiary/aromatic N) is 1. The Morgan fingerprint density at radius 2 is 1.67 bits per heavy atom. The average Bonchev–Trinajstić information content (AvgIpc) is 2.10. The Labute approximate surface area is 94.0 Å². The molecule has 3 heteroatoms. The second-order valence-corrected chi connectivity index (χ2v) is 5.44. The molecule has 0 aliphatic rings. The van der Waals surface area contributed by atoms with Crippen LogP contribution in [0.3, 0.4) is 0 Å². The highest BCUT2D eigenvalue weighted by Crippen LogP contribution is 2.29. The van der Waals surface area contributed by atoms with Crippen molar-refractivity contribution < 1.29 is 14.0 Å². The molecule has 0 aromatic carbocycles. The van der Waals surface area contributed by atoms with Gasteiger partial charge in [0.2, 0.25) is 0 Å². The van der Waals surface area contributed by atoms with Gasteiger partial charge in [0.25, 0.3) is 0 Å². The minimum atomic E-state index is -0.178. The molecule has 0 unspecified atom stereocenters. The summed E-state index contributed by atoms with van der Waals surface area (Å²) in [5.41, 5.74) is 0.129. The van der Waals surface area contributed by atoms with Gasteiger partial charge in [-0.2, -0.15) is 0 Å². The summed E-state index contributed by atoms with van der Waals surface area (Å²) < 4.78 is 6.09. The molecule has 90 valence electrons. The van der Waals surface area contributed by atoms with Gasteiger partial charge in [0, 0.05) is 6.92 Å². The number of carbonyl (C=O) groups is 1. The van der Waals surface area contributed by atoms with E-state index in [1.807, 2.05) is 0 Å². The van der Waals surface area contributed by atoms with Crippen molar-refractivity contribution in [1.82, 2.24) is 0 Å². The molecular weight excluding hydrogens is 190 g/mol. The second-order valence-electron chi connectivity index (χ2n) is 5.44. The molecule has 15 heavy (non-hydrogen) atoms. The van der Waals surface area contributed by atoms with Gasteiger partial charge in [-0.3, -0.25) is 4.79 Å². The fourth-order valence-corrected chi connectivity index (χ4v) is 1.98. The van der Waals surface area contributed by atoms with Gasteiger partial charge in [-0.25, -0.2) is 0 Å². The molecule has 0 N–H and O–H groups in total. The van der Waals surface area contributed by atoms with Gasteiger partial charge in [0.15, 0.2) is 0 Å². The van der Waals surface area contributed by atoms with Crippen LogP contribution in [0.4, 0.5) is 0 Å². The van der Waals surface area contributed by atoms with Crippen molar-refractivity contribution in [2.45, 2.75) is 33.6 Å². The average molecular weight is 216 g/mol. The first-order chi connectivity index (χ1) is 6.74. The molecule has 0 rings (SSSR count). The van der Waals surface area contributed by atoms with E-state index in [4.69, 9.17) is 4.74 Å². The Kier molecular flexibility index (Phi) is 5.29. The number of ether oxygens (including phenoxy) is 1. The predicted molar refractivity (Wildman–Crippen MR) is 62.5 cm³/mol. The summed E-state index contributed by atoms with van der Waals surface area (Å²) in [5, 5.41) is 0. The summed E-state index contributed by atoms with van der Waals surface area (Å²) in [6.45, 7) is 7.39. The lowest BCUT2D eigenvalue weighted by molar-refractivity contribution is -0.877. The maximum atomic E-state index is 10.9. The third-order valence-corrected chi connectivity index (χ3v) is 2.89. The first kappa shape index (κ1) is 14.4. The molecule has 0 spiro atoms. The van der Waals surface area contributed by atoms with Crippen LogP contribution in [0.25, 0.3) is 0 Å². The molecule has 0 fully saturated rings. The third-order valence-electron chi connectivity index (χ3n) is 2.89. The van der Waals surface area contributed by atoms with Crippen LogP contribution >= 0.6 is 0 Å². The molecule has 0 aliphatic carbocycles. The number of carbonyl (C=O) groups excluding carboxylic acids is 1. The van der Waals surface area contributed by atoms with Crippen LogP contribution in [0, 0.1) is 5.41 Å². The SMILES string of the molecule is CCC(CC)(COC(C)=O)C[N+](C)(C)C. The van der Waals surface area contributed by atoms with Gasteiger partial charge in [-0.05, 0) is 12.8 Å². The zero-order valence-corrected chi connectivity index (χ0v) is 11.1. The number of quaternary nitrogens is 1. The maximum absolute atomic E-state index is 10.9. The lowest BCUT2D eigenvalue weighted by Crippen LogP contribution is -2.47. The lowest BCUT2D eigenvalue weighted by atomic mass is 9.82. The quantitative estimate of drug-likeness (QED) is 0.502. The Morgan fingerprint density at radius 1 is 1.20 bits per heavy atom. The fourth-order valence-electron chi connectivity index (χ4n) is 1.98. The molecule has 0 saturated carbocycles. The molecule has 0 aromatic rings. The number of esters is 1. The van der Waals surface area contributed by atoms with E-state index in [1.165, 1.54) is 6.92 Å². The van der Waals surface area contributed by atoms with Gasteiger partial charge < -0.3 is 9.22 Å². The van der Waals surface area contributed by atoms with E-state index in [9.17, 15) is 4.79 Å². The highest BCUT2D eigenvalue weighted by molar-refractivity contribution is 5.65. The van der Waals surface area contributed by atoms with E-state index >= 15 is 0 Å². The van der Waals surface area contributed by atoms with Crippen LogP contribution in [0.5, 0.6) is 0 Å². The number of hydrogen-bond donors (Lipinski definition) is 0. The van der Waals surface area contributed by atoms with Crippen molar-refractivity contribution in [1.29, 1.82) is 0 Å². The van der Waals surface area contributed by atoms with E-state index in [0.717, 1.165) is 23.9 Å². The third kappa shape index (κ3) is 5.78. The molecule has 0 amide bonds. The molecule has 0 radical (unpaired) electrons. The summed E-state index contributed by atoms with van der Waals surface area (Å²) in [4.78, 5) is 10.9. The van der Waals surface area contributed by atoms with E-state index in [-0.39, 0.29) is 11.4 Å². The Balaban J connectivity index is 4.50. The molecule has 0 aliphatic heterocycles. The standard InChI is InChI=1S/C12H26NO2/c1-7-12(8-2,9-13(4,5)6)10-15-11(3)14/h7-10H2,1-6H3/q+1. The summed E-state index contributed by atoms with van der Waals surface area (Å²) in [7, 11) is 6.52. The number of hydrogen-bond acceptors (Lipinski definition) is 2. The first-order valence-electron chi connectivity index (χ1n) is 5.68. The maximum Gasteiger partial charge on any atom is 0.302 e. The van der Waals surface area contributed by atoms with Gasteiger partial charge in [0.1, 0.15) is 6.61 Å². The Bertz CT molecular complexity index is 202. The summed E-state index contributed by atoms with van der Waals surface area (Å²) in [5.74, 6) is -0.178. The summed E-state index contributed by atoms with van der Waals surface area (Å²) in [6.07, 6.45) is 2.10. The molecule has 3 nitrogen and oxygen atoms in total. The van der Waals surface area contributed by atoms with E-state index in [2.05, 4.69) is 35.0 Å². The van der Waals surface area contributed by atoms with Crippen molar-refractivity contribution in [3.8, 4) is 0 Å². The van der Waals surface area contributed by atoms with Crippen LogP contribution < -0.4 is 0 Å². The van der Waals surface area contributed by atoms with Crippen LogP contribution in [0.15, 0.2) is 0 Å². The molecule has 0 atom stereocenters. The van der Waals surface area contributed by atoms with Crippen molar-refractivity contribution in [2.24, 2.45) is 5.41 Å². The van der Waals surface area contributed by atoms with Gasteiger partial charge in [0.05, 0.1) is 33.1 Å². The molecule has 0 saturated heterocycles. The first-order valence-corrected chi connectivity index (χ1v) is 5.68. The highest BCUT2D eigenvalue weighted by atomic mass is 16.5. The Morgan fingerprint density at radius 3 is 1.93 bits per heavy atom. The number of rotatable bonds is 6. The van der Waals surface area contributed by atoms with Crippen molar-refractivity contribution in [3.63, 3.8) is 0 Å². The topological polar surface area (TPSA) is 26.3 Å². The monoisotopic (exact) mass is 216 g/mol. The van der Waals surface area contributed by atoms with Gasteiger partial charge in [-0.1, -0.05) is 13.8 Å². The highest BCUT2D eigenvalue weighted by Gasteiger charge is 2.33. The largest absolute Gasteiger partial charge is 0.465 e. The molecular formula is C12H26NO2+. The minimum absolute atomic E-state index is 0.129. The smallest absolute Gasteiger partial charge is 0.302 e. The van der Waals surface area contributed by atoms with Crippen LogP contribution in [-0.2, 0) is 9.53 Å².